The molecule has 1 saturated heterocycles. The first-order chi connectivity index (χ1) is 13.8. The molecule has 1 N–H and O–H groups in total. The smallest absolute Gasteiger partial charge is 0.255 e. The fourth-order valence-electron chi connectivity index (χ4n) is 3.14. The van der Waals surface area contributed by atoms with Crippen molar-refractivity contribution in [3.05, 3.63) is 59.7 Å². The highest BCUT2D eigenvalue weighted by atomic mass is 32.2. The lowest BCUT2D eigenvalue weighted by Crippen LogP contribution is -2.25. The summed E-state index contributed by atoms with van der Waals surface area (Å²) in [5, 5.41) is 13.6. The third kappa shape index (κ3) is 3.68. The summed E-state index contributed by atoms with van der Waals surface area (Å²) >= 11 is 0. The van der Waals surface area contributed by atoms with Gasteiger partial charge in [0.05, 0.1) is 11.4 Å². The number of carbonyl (C=O) groups is 1. The van der Waals surface area contributed by atoms with Gasteiger partial charge in [-0.25, -0.2) is 12.8 Å². The molecule has 1 fully saturated rings. The van der Waals surface area contributed by atoms with Gasteiger partial charge in [0.25, 0.3) is 5.91 Å². The van der Waals surface area contributed by atoms with E-state index in [9.17, 15) is 17.6 Å². The average molecular weight is 416 g/mol. The Bertz CT molecular complexity index is 1190. The standard InChI is InChI=1S/C18H17FN6O3S/c1-12-21-22-23-25(12)17-11-14(6-7-16(17)19)20-18(26)13-4-2-5-15(10-13)24-8-3-9-29(24,27)28/h2,4-7,10-11H,3,8-9H2,1H3,(H,20,26). The van der Waals surface area contributed by atoms with Crippen LogP contribution in [-0.4, -0.2) is 46.8 Å². The number of anilines is 2. The monoisotopic (exact) mass is 416 g/mol. The Balaban J connectivity index is 1.59. The molecule has 0 unspecified atom stereocenters. The van der Waals surface area contributed by atoms with Gasteiger partial charge < -0.3 is 5.32 Å². The van der Waals surface area contributed by atoms with Gasteiger partial charge in [-0.15, -0.1) is 5.10 Å². The lowest BCUT2D eigenvalue weighted by atomic mass is 10.1. The van der Waals surface area contributed by atoms with E-state index in [-0.39, 0.29) is 17.0 Å². The van der Waals surface area contributed by atoms with Crippen molar-refractivity contribution < 1.29 is 17.6 Å². The molecule has 0 radical (unpaired) electrons. The molecule has 29 heavy (non-hydrogen) atoms. The zero-order valence-corrected chi connectivity index (χ0v) is 16.2. The number of rotatable bonds is 4. The van der Waals surface area contributed by atoms with Crippen LogP contribution in [0.15, 0.2) is 42.5 Å². The van der Waals surface area contributed by atoms with Crippen LogP contribution >= 0.6 is 0 Å². The van der Waals surface area contributed by atoms with Gasteiger partial charge in [-0.05, 0) is 60.2 Å². The van der Waals surface area contributed by atoms with Crippen LogP contribution in [0.2, 0.25) is 0 Å². The first-order valence-corrected chi connectivity index (χ1v) is 10.4. The molecule has 0 aliphatic carbocycles. The van der Waals surface area contributed by atoms with Crippen LogP contribution in [-0.2, 0) is 10.0 Å². The molecule has 11 heteroatoms. The van der Waals surface area contributed by atoms with E-state index in [1.807, 2.05) is 0 Å². The predicted octanol–water partition coefficient (Wildman–Crippen LogP) is 1.90. The quantitative estimate of drug-likeness (QED) is 0.696. The number of amides is 1. The van der Waals surface area contributed by atoms with E-state index < -0.39 is 21.7 Å². The van der Waals surface area contributed by atoms with E-state index in [0.29, 0.717) is 30.2 Å². The van der Waals surface area contributed by atoms with Crippen LogP contribution < -0.4 is 9.62 Å². The summed E-state index contributed by atoms with van der Waals surface area (Å²) in [6.07, 6.45) is 0.549. The molecule has 0 bridgehead atoms. The van der Waals surface area contributed by atoms with Gasteiger partial charge in [-0.2, -0.15) is 4.68 Å². The fourth-order valence-corrected chi connectivity index (χ4v) is 4.70. The average Bonchev–Trinajstić information content (AvgIpc) is 3.28. The van der Waals surface area contributed by atoms with Crippen molar-refractivity contribution in [1.29, 1.82) is 0 Å². The highest BCUT2D eigenvalue weighted by molar-refractivity contribution is 7.93. The third-order valence-electron chi connectivity index (χ3n) is 4.55. The molecule has 0 saturated carbocycles. The first kappa shape index (κ1) is 19.0. The SMILES string of the molecule is Cc1nnnn1-c1cc(NC(=O)c2cccc(N3CCCS3(=O)=O)c2)ccc1F. The summed E-state index contributed by atoms with van der Waals surface area (Å²) in [5.41, 5.74) is 1.18. The molecular weight excluding hydrogens is 399 g/mol. The number of carbonyl (C=O) groups excluding carboxylic acids is 1. The van der Waals surface area contributed by atoms with Crippen LogP contribution in [0.25, 0.3) is 5.69 Å². The highest BCUT2D eigenvalue weighted by Crippen LogP contribution is 2.25. The molecule has 0 spiro atoms. The second-order valence-electron chi connectivity index (χ2n) is 6.55. The molecule has 4 rings (SSSR count). The lowest BCUT2D eigenvalue weighted by molar-refractivity contribution is 0.102. The highest BCUT2D eigenvalue weighted by Gasteiger charge is 2.28. The zero-order chi connectivity index (χ0) is 20.6. The van der Waals surface area contributed by atoms with Gasteiger partial charge in [0.15, 0.2) is 5.82 Å². The maximum atomic E-state index is 14.2. The number of hydrogen-bond donors (Lipinski definition) is 1. The van der Waals surface area contributed by atoms with Crippen molar-refractivity contribution in [1.82, 2.24) is 20.2 Å². The number of aryl methyl sites for hydroxylation is 1. The predicted molar refractivity (Wildman–Crippen MR) is 104 cm³/mol. The Morgan fingerprint density at radius 3 is 2.72 bits per heavy atom. The van der Waals surface area contributed by atoms with Crippen LogP contribution in [0, 0.1) is 12.7 Å². The summed E-state index contributed by atoms with van der Waals surface area (Å²) in [6.45, 7) is 2.02. The summed E-state index contributed by atoms with van der Waals surface area (Å²) in [5.74, 6) is -0.501. The molecule has 1 amide bonds. The minimum Gasteiger partial charge on any atom is -0.322 e. The number of sulfonamides is 1. The van der Waals surface area contributed by atoms with Gasteiger partial charge in [0, 0.05) is 17.8 Å². The van der Waals surface area contributed by atoms with E-state index in [1.54, 1.807) is 25.1 Å². The number of benzene rings is 2. The van der Waals surface area contributed by atoms with E-state index >= 15 is 0 Å². The van der Waals surface area contributed by atoms with Crippen molar-refractivity contribution in [2.45, 2.75) is 13.3 Å². The second-order valence-corrected chi connectivity index (χ2v) is 8.56. The van der Waals surface area contributed by atoms with E-state index in [1.165, 1.54) is 33.3 Å². The largest absolute Gasteiger partial charge is 0.322 e. The number of aromatic nitrogens is 4. The van der Waals surface area contributed by atoms with E-state index in [0.717, 1.165) is 0 Å². The molecular formula is C18H17FN6O3S. The topological polar surface area (TPSA) is 110 Å². The molecule has 1 aromatic heterocycles. The van der Waals surface area contributed by atoms with Gasteiger partial charge >= 0.3 is 0 Å². The van der Waals surface area contributed by atoms with E-state index in [4.69, 9.17) is 0 Å². The number of halogens is 1. The third-order valence-corrected chi connectivity index (χ3v) is 6.42. The molecule has 9 nitrogen and oxygen atoms in total. The van der Waals surface area contributed by atoms with Crippen molar-refractivity contribution in [3.8, 4) is 5.69 Å². The van der Waals surface area contributed by atoms with Crippen LogP contribution in [0.1, 0.15) is 22.6 Å². The normalized spacial score (nSPS) is 15.4. The van der Waals surface area contributed by atoms with Crippen molar-refractivity contribution in [2.75, 3.05) is 21.9 Å². The lowest BCUT2D eigenvalue weighted by Gasteiger charge is -2.17. The van der Waals surface area contributed by atoms with Gasteiger partial charge in [-0.1, -0.05) is 6.07 Å². The molecule has 150 valence electrons. The van der Waals surface area contributed by atoms with Gasteiger partial charge in [0.1, 0.15) is 11.5 Å². The van der Waals surface area contributed by atoms with E-state index in [2.05, 4.69) is 20.8 Å². The number of nitrogens with zero attached hydrogens (tertiary/aromatic N) is 5. The summed E-state index contributed by atoms with van der Waals surface area (Å²) in [4.78, 5) is 12.7. The summed E-state index contributed by atoms with van der Waals surface area (Å²) < 4.78 is 40.9. The minimum absolute atomic E-state index is 0.0956. The number of nitrogens with one attached hydrogen (secondary N) is 1. The minimum atomic E-state index is -3.34. The van der Waals surface area contributed by atoms with Crippen molar-refractivity contribution in [3.63, 3.8) is 0 Å². The molecule has 1 aliphatic rings. The Labute approximate surface area is 166 Å². The molecule has 2 aromatic carbocycles. The molecule has 2 heterocycles. The van der Waals surface area contributed by atoms with Gasteiger partial charge in [-0.3, -0.25) is 9.10 Å². The fraction of sp³-hybridized carbons (Fsp3) is 0.222. The number of hydrogen-bond acceptors (Lipinski definition) is 6. The molecule has 0 atom stereocenters. The Kier molecular flexibility index (Phi) is 4.74. The van der Waals surface area contributed by atoms with Crippen LogP contribution in [0.4, 0.5) is 15.8 Å². The Morgan fingerprint density at radius 1 is 1.21 bits per heavy atom. The second kappa shape index (κ2) is 7.24. The van der Waals surface area contributed by atoms with Crippen molar-refractivity contribution in [2.24, 2.45) is 0 Å². The summed E-state index contributed by atoms with van der Waals surface area (Å²) in [7, 11) is -3.34. The zero-order valence-electron chi connectivity index (χ0n) is 15.4. The molecule has 1 aliphatic heterocycles. The Hall–Kier alpha value is -3.34. The van der Waals surface area contributed by atoms with Crippen molar-refractivity contribution >= 4 is 27.3 Å². The molecule has 3 aromatic rings. The van der Waals surface area contributed by atoms with Crippen LogP contribution in [0.3, 0.4) is 0 Å². The number of tetrazole rings is 1. The maximum absolute atomic E-state index is 14.2. The van der Waals surface area contributed by atoms with Gasteiger partial charge in [0.2, 0.25) is 10.0 Å². The summed E-state index contributed by atoms with van der Waals surface area (Å²) in [6, 6.07) is 10.4. The van der Waals surface area contributed by atoms with Crippen LogP contribution in [0.5, 0.6) is 0 Å². The maximum Gasteiger partial charge on any atom is 0.255 e. The first-order valence-electron chi connectivity index (χ1n) is 8.82. The Morgan fingerprint density at radius 2 is 2.03 bits per heavy atom.